The van der Waals surface area contributed by atoms with E-state index in [2.05, 4.69) is 35.7 Å². The second kappa shape index (κ2) is 6.66. The van der Waals surface area contributed by atoms with Crippen LogP contribution in [-0.2, 0) is 0 Å². The van der Waals surface area contributed by atoms with Gasteiger partial charge >= 0.3 is 0 Å². The van der Waals surface area contributed by atoms with E-state index in [1.165, 1.54) is 4.52 Å². The van der Waals surface area contributed by atoms with Gasteiger partial charge in [-0.2, -0.15) is 4.52 Å². The highest BCUT2D eigenvalue weighted by Crippen LogP contribution is 2.19. The normalized spacial score (nSPS) is 15.4. The number of nitrogens with zero attached hydrogens (tertiary/aromatic N) is 7. The van der Waals surface area contributed by atoms with E-state index in [1.807, 2.05) is 19.9 Å². The Labute approximate surface area is 150 Å². The molecule has 3 aromatic rings. The molecule has 0 saturated carbocycles. The van der Waals surface area contributed by atoms with Gasteiger partial charge in [-0.1, -0.05) is 0 Å². The smallest absolute Gasteiger partial charge is 0.253 e. The number of rotatable bonds is 3. The van der Waals surface area contributed by atoms with Crippen LogP contribution in [0, 0.1) is 13.8 Å². The fourth-order valence-corrected chi connectivity index (χ4v) is 3.26. The minimum atomic E-state index is -0.102. The van der Waals surface area contributed by atoms with Gasteiger partial charge in [0.05, 0.1) is 5.56 Å². The van der Waals surface area contributed by atoms with Crippen LogP contribution in [0.3, 0.4) is 0 Å². The number of aryl methyl sites for hydroxylation is 2. The lowest BCUT2D eigenvalue weighted by Gasteiger charge is -2.33. The Morgan fingerprint density at radius 3 is 2.77 bits per heavy atom. The number of piperidine rings is 1. The monoisotopic (exact) mass is 352 g/mol. The zero-order valence-corrected chi connectivity index (χ0v) is 14.8. The standard InChI is InChI=1S/C17H20N8O/c1-11-9-16(19-12(2)18-11)24-7-5-14(6-8-24)20-17(26)13-3-4-15-21-22-23-25(15)10-13/h3-4,9-10,14H,5-8H2,1-2H3,(H,20,26). The predicted octanol–water partition coefficient (Wildman–Crippen LogP) is 0.930. The third-order valence-electron chi connectivity index (χ3n) is 4.56. The molecule has 1 aliphatic heterocycles. The Balaban J connectivity index is 1.38. The number of anilines is 1. The fraction of sp³-hybridized carbons (Fsp3) is 0.412. The van der Waals surface area contributed by atoms with Gasteiger partial charge in [-0.05, 0) is 49.2 Å². The molecular formula is C17H20N8O. The summed E-state index contributed by atoms with van der Waals surface area (Å²) in [5.74, 6) is 1.65. The van der Waals surface area contributed by atoms with E-state index in [4.69, 9.17) is 0 Å². The van der Waals surface area contributed by atoms with Crippen molar-refractivity contribution in [2.45, 2.75) is 32.7 Å². The molecular weight excluding hydrogens is 332 g/mol. The topological polar surface area (TPSA) is 101 Å². The molecule has 1 amide bonds. The zero-order chi connectivity index (χ0) is 18.1. The molecule has 0 aliphatic carbocycles. The lowest BCUT2D eigenvalue weighted by atomic mass is 10.0. The molecule has 9 nitrogen and oxygen atoms in total. The maximum Gasteiger partial charge on any atom is 0.253 e. The Hall–Kier alpha value is -3.10. The molecule has 9 heteroatoms. The summed E-state index contributed by atoms with van der Waals surface area (Å²) < 4.78 is 1.50. The van der Waals surface area contributed by atoms with Gasteiger partial charge in [-0.25, -0.2) is 9.97 Å². The number of fused-ring (bicyclic) bond motifs is 1. The highest BCUT2D eigenvalue weighted by Gasteiger charge is 2.22. The molecule has 4 rings (SSSR count). The summed E-state index contributed by atoms with van der Waals surface area (Å²) >= 11 is 0. The van der Waals surface area contributed by atoms with E-state index in [0.717, 1.165) is 43.3 Å². The van der Waals surface area contributed by atoms with Crippen molar-refractivity contribution in [1.29, 1.82) is 0 Å². The fourth-order valence-electron chi connectivity index (χ4n) is 3.26. The van der Waals surface area contributed by atoms with Gasteiger partial charge in [-0.15, -0.1) is 5.10 Å². The SMILES string of the molecule is Cc1cc(N2CCC(NC(=O)c3ccc4nnnn4c3)CC2)nc(C)n1. The van der Waals surface area contributed by atoms with Crippen molar-refractivity contribution in [2.75, 3.05) is 18.0 Å². The quantitative estimate of drug-likeness (QED) is 0.748. The Kier molecular flexibility index (Phi) is 4.19. The Morgan fingerprint density at radius 1 is 1.19 bits per heavy atom. The maximum absolute atomic E-state index is 12.5. The third-order valence-corrected chi connectivity index (χ3v) is 4.56. The molecule has 4 heterocycles. The zero-order valence-electron chi connectivity index (χ0n) is 14.8. The molecule has 134 valence electrons. The van der Waals surface area contributed by atoms with Gasteiger partial charge in [0.1, 0.15) is 11.6 Å². The van der Waals surface area contributed by atoms with Crippen molar-refractivity contribution in [3.8, 4) is 0 Å². The molecule has 1 N–H and O–H groups in total. The molecule has 0 radical (unpaired) electrons. The van der Waals surface area contributed by atoms with E-state index in [-0.39, 0.29) is 11.9 Å². The van der Waals surface area contributed by atoms with E-state index in [0.29, 0.717) is 11.2 Å². The van der Waals surface area contributed by atoms with Crippen molar-refractivity contribution in [3.05, 3.63) is 41.5 Å². The molecule has 0 aromatic carbocycles. The minimum Gasteiger partial charge on any atom is -0.356 e. The first kappa shape index (κ1) is 16.4. The van der Waals surface area contributed by atoms with Crippen LogP contribution in [0.1, 0.15) is 34.7 Å². The van der Waals surface area contributed by atoms with Gasteiger partial charge in [0.2, 0.25) is 0 Å². The molecule has 0 spiro atoms. The molecule has 1 fully saturated rings. The summed E-state index contributed by atoms with van der Waals surface area (Å²) in [5.41, 5.74) is 2.14. The van der Waals surface area contributed by atoms with E-state index in [9.17, 15) is 4.79 Å². The summed E-state index contributed by atoms with van der Waals surface area (Å²) in [6.07, 6.45) is 3.40. The molecule has 0 bridgehead atoms. The Morgan fingerprint density at radius 2 is 2.00 bits per heavy atom. The second-order valence-corrected chi connectivity index (χ2v) is 6.55. The number of hydrogen-bond donors (Lipinski definition) is 1. The van der Waals surface area contributed by atoms with Crippen LogP contribution in [0.25, 0.3) is 5.65 Å². The number of pyridine rings is 1. The van der Waals surface area contributed by atoms with Gasteiger partial charge < -0.3 is 10.2 Å². The number of carbonyl (C=O) groups is 1. The lowest BCUT2D eigenvalue weighted by Crippen LogP contribution is -2.45. The van der Waals surface area contributed by atoms with Crippen LogP contribution < -0.4 is 10.2 Å². The number of amides is 1. The first-order valence-corrected chi connectivity index (χ1v) is 8.64. The second-order valence-electron chi connectivity index (χ2n) is 6.55. The van der Waals surface area contributed by atoms with Crippen molar-refractivity contribution >= 4 is 17.4 Å². The van der Waals surface area contributed by atoms with Crippen molar-refractivity contribution in [3.63, 3.8) is 0 Å². The largest absolute Gasteiger partial charge is 0.356 e. The highest BCUT2D eigenvalue weighted by atomic mass is 16.1. The van der Waals surface area contributed by atoms with E-state index in [1.54, 1.807) is 18.3 Å². The summed E-state index contributed by atoms with van der Waals surface area (Å²) in [5, 5.41) is 14.4. The summed E-state index contributed by atoms with van der Waals surface area (Å²) in [4.78, 5) is 23.6. The summed E-state index contributed by atoms with van der Waals surface area (Å²) in [6, 6.07) is 5.63. The molecule has 0 atom stereocenters. The van der Waals surface area contributed by atoms with Crippen LogP contribution in [0.15, 0.2) is 24.4 Å². The number of hydrogen-bond acceptors (Lipinski definition) is 7. The van der Waals surface area contributed by atoms with Crippen molar-refractivity contribution < 1.29 is 4.79 Å². The van der Waals surface area contributed by atoms with Crippen LogP contribution >= 0.6 is 0 Å². The molecule has 1 saturated heterocycles. The maximum atomic E-state index is 12.5. The first-order valence-electron chi connectivity index (χ1n) is 8.64. The van der Waals surface area contributed by atoms with E-state index < -0.39 is 0 Å². The van der Waals surface area contributed by atoms with Crippen molar-refractivity contribution in [2.24, 2.45) is 0 Å². The van der Waals surface area contributed by atoms with E-state index >= 15 is 0 Å². The van der Waals surface area contributed by atoms with Gasteiger partial charge in [0, 0.05) is 37.1 Å². The van der Waals surface area contributed by atoms with Gasteiger partial charge in [0.15, 0.2) is 5.65 Å². The molecule has 0 unspecified atom stereocenters. The predicted molar refractivity (Wildman–Crippen MR) is 95.0 cm³/mol. The van der Waals surface area contributed by atoms with Crippen LogP contribution in [0.4, 0.5) is 5.82 Å². The lowest BCUT2D eigenvalue weighted by molar-refractivity contribution is 0.0930. The van der Waals surface area contributed by atoms with Gasteiger partial charge in [0.25, 0.3) is 5.91 Å². The average Bonchev–Trinajstić information content (AvgIpc) is 3.09. The molecule has 3 aromatic heterocycles. The van der Waals surface area contributed by atoms with Crippen LogP contribution in [-0.4, -0.2) is 55.0 Å². The number of aromatic nitrogens is 6. The van der Waals surface area contributed by atoms with Crippen LogP contribution in [0.2, 0.25) is 0 Å². The first-order chi connectivity index (χ1) is 12.6. The summed E-state index contributed by atoms with van der Waals surface area (Å²) in [7, 11) is 0. The van der Waals surface area contributed by atoms with Crippen molar-refractivity contribution in [1.82, 2.24) is 35.3 Å². The minimum absolute atomic E-state index is 0.102. The summed E-state index contributed by atoms with van der Waals surface area (Å²) in [6.45, 7) is 5.59. The van der Waals surface area contributed by atoms with Gasteiger partial charge in [-0.3, -0.25) is 4.79 Å². The number of carbonyl (C=O) groups excluding carboxylic acids is 1. The molecule has 1 aliphatic rings. The Bertz CT molecular complexity index is 925. The number of nitrogens with one attached hydrogen (secondary N) is 1. The number of tetrazole rings is 1. The average molecular weight is 352 g/mol. The highest BCUT2D eigenvalue weighted by molar-refractivity contribution is 5.94. The third kappa shape index (κ3) is 3.32. The molecule has 26 heavy (non-hydrogen) atoms. The van der Waals surface area contributed by atoms with Crippen LogP contribution in [0.5, 0.6) is 0 Å².